The van der Waals surface area contributed by atoms with E-state index < -0.39 is 0 Å². The van der Waals surface area contributed by atoms with Crippen molar-refractivity contribution >= 4 is 23.1 Å². The summed E-state index contributed by atoms with van der Waals surface area (Å²) in [6.45, 7) is 0.874. The average Bonchev–Trinajstić information content (AvgIpc) is 2.90. The number of fused-ring (bicyclic) bond motifs is 2. The lowest BCUT2D eigenvalue weighted by molar-refractivity contribution is -0.384. The Hall–Kier alpha value is -1.36. The van der Waals surface area contributed by atoms with Gasteiger partial charge in [-0.05, 0) is 31.2 Å². The van der Waals surface area contributed by atoms with Crippen LogP contribution in [-0.4, -0.2) is 22.5 Å². The van der Waals surface area contributed by atoms with Crippen LogP contribution >= 0.6 is 11.6 Å². The number of aromatic nitrogens is 1. The van der Waals surface area contributed by atoms with Crippen LogP contribution in [0.2, 0.25) is 5.15 Å². The van der Waals surface area contributed by atoms with Crippen molar-refractivity contribution in [1.82, 2.24) is 4.98 Å². The van der Waals surface area contributed by atoms with Gasteiger partial charge in [0, 0.05) is 18.7 Å². The van der Waals surface area contributed by atoms with Gasteiger partial charge in [-0.1, -0.05) is 11.6 Å². The highest BCUT2D eigenvalue weighted by Crippen LogP contribution is 2.42. The van der Waals surface area contributed by atoms with Crippen molar-refractivity contribution in [2.24, 2.45) is 5.92 Å². The summed E-state index contributed by atoms with van der Waals surface area (Å²) >= 11 is 5.84. The number of anilines is 1. The molecule has 2 atom stereocenters. The molecule has 1 saturated heterocycles. The van der Waals surface area contributed by atoms with Crippen molar-refractivity contribution < 1.29 is 4.92 Å². The summed E-state index contributed by atoms with van der Waals surface area (Å²) in [5.41, 5.74) is 0.0574. The third kappa shape index (κ3) is 1.74. The molecule has 1 aromatic heterocycles. The first kappa shape index (κ1) is 10.8. The molecule has 0 N–H and O–H groups in total. The van der Waals surface area contributed by atoms with E-state index in [1.165, 1.54) is 18.6 Å². The number of halogens is 1. The summed E-state index contributed by atoms with van der Waals surface area (Å²) in [7, 11) is 0. The molecule has 1 aromatic rings. The fourth-order valence-corrected chi connectivity index (χ4v) is 3.10. The summed E-state index contributed by atoms with van der Waals surface area (Å²) in [6, 6.07) is 3.32. The molecule has 5 nitrogen and oxygen atoms in total. The summed E-state index contributed by atoms with van der Waals surface area (Å²) in [5.74, 6) is 1.11. The second kappa shape index (κ2) is 3.84. The van der Waals surface area contributed by atoms with Gasteiger partial charge in [-0.3, -0.25) is 10.1 Å². The van der Waals surface area contributed by atoms with E-state index in [1.54, 1.807) is 0 Å². The normalized spacial score (nSPS) is 26.5. The highest BCUT2D eigenvalue weighted by molar-refractivity contribution is 6.29. The van der Waals surface area contributed by atoms with E-state index in [0.29, 0.717) is 22.9 Å². The van der Waals surface area contributed by atoms with Crippen molar-refractivity contribution in [3.8, 4) is 0 Å². The molecular weight excluding hydrogens is 242 g/mol. The van der Waals surface area contributed by atoms with Gasteiger partial charge >= 0.3 is 5.69 Å². The van der Waals surface area contributed by atoms with Crippen LogP contribution in [0.15, 0.2) is 12.1 Å². The molecule has 2 heterocycles. The monoisotopic (exact) mass is 253 g/mol. The lowest BCUT2D eigenvalue weighted by Gasteiger charge is -2.27. The molecule has 1 aliphatic heterocycles. The van der Waals surface area contributed by atoms with E-state index >= 15 is 0 Å². The van der Waals surface area contributed by atoms with Gasteiger partial charge in [-0.25, -0.2) is 4.98 Å². The number of nitro groups is 1. The predicted molar refractivity (Wildman–Crippen MR) is 64.4 cm³/mol. The molecule has 2 fully saturated rings. The number of pyridine rings is 1. The number of rotatable bonds is 2. The summed E-state index contributed by atoms with van der Waals surface area (Å²) in [6.07, 6.45) is 3.47. The Morgan fingerprint density at radius 3 is 2.88 bits per heavy atom. The molecule has 1 aliphatic carbocycles. The highest BCUT2D eigenvalue weighted by atomic mass is 35.5. The first-order valence-electron chi connectivity index (χ1n) is 5.72. The maximum Gasteiger partial charge on any atom is 0.311 e. The maximum absolute atomic E-state index is 11.0. The van der Waals surface area contributed by atoms with Gasteiger partial charge in [0.05, 0.1) is 4.92 Å². The molecule has 2 unspecified atom stereocenters. The van der Waals surface area contributed by atoms with Gasteiger partial charge in [-0.2, -0.15) is 0 Å². The molecule has 0 radical (unpaired) electrons. The fraction of sp³-hybridized carbons (Fsp3) is 0.545. The number of hydrogen-bond acceptors (Lipinski definition) is 4. The van der Waals surface area contributed by atoms with E-state index in [1.807, 2.05) is 0 Å². The molecule has 3 rings (SSSR count). The standard InChI is InChI=1S/C11H12ClN3O2/c12-10-4-3-9(15(16)17)11(13-10)14-6-7-1-2-8(14)5-7/h3-4,7-8H,1-2,5-6H2. The summed E-state index contributed by atoms with van der Waals surface area (Å²) in [4.78, 5) is 16.8. The summed E-state index contributed by atoms with van der Waals surface area (Å²) < 4.78 is 0. The quantitative estimate of drug-likeness (QED) is 0.462. The van der Waals surface area contributed by atoms with Crippen molar-refractivity contribution in [3.63, 3.8) is 0 Å². The molecule has 2 bridgehead atoms. The van der Waals surface area contributed by atoms with Crippen molar-refractivity contribution in [2.45, 2.75) is 25.3 Å². The zero-order valence-corrected chi connectivity index (χ0v) is 9.93. The molecular formula is C11H12ClN3O2. The van der Waals surface area contributed by atoms with E-state index in [4.69, 9.17) is 11.6 Å². The Balaban J connectivity index is 2.01. The first-order valence-corrected chi connectivity index (χ1v) is 6.10. The Bertz CT molecular complexity index is 480. The van der Waals surface area contributed by atoms with Gasteiger partial charge in [-0.15, -0.1) is 0 Å². The molecule has 90 valence electrons. The third-order valence-corrected chi connectivity index (χ3v) is 3.91. The minimum atomic E-state index is -0.384. The van der Waals surface area contributed by atoms with Crippen LogP contribution < -0.4 is 4.90 Å². The lowest BCUT2D eigenvalue weighted by atomic mass is 10.1. The minimum absolute atomic E-state index is 0.0574. The molecule has 1 saturated carbocycles. The van der Waals surface area contributed by atoms with Crippen LogP contribution in [0.25, 0.3) is 0 Å². The number of nitrogens with zero attached hydrogens (tertiary/aromatic N) is 3. The van der Waals surface area contributed by atoms with Gasteiger partial charge in [0.15, 0.2) is 0 Å². The molecule has 2 aliphatic rings. The van der Waals surface area contributed by atoms with Crippen LogP contribution in [0.3, 0.4) is 0 Å². The molecule has 17 heavy (non-hydrogen) atoms. The Morgan fingerprint density at radius 2 is 2.29 bits per heavy atom. The van der Waals surface area contributed by atoms with E-state index in [0.717, 1.165) is 19.4 Å². The second-order valence-corrected chi connectivity index (χ2v) is 5.11. The van der Waals surface area contributed by atoms with Gasteiger partial charge in [0.1, 0.15) is 5.15 Å². The second-order valence-electron chi connectivity index (χ2n) is 4.72. The zero-order chi connectivity index (χ0) is 12.0. The van der Waals surface area contributed by atoms with Crippen LogP contribution in [-0.2, 0) is 0 Å². The fourth-order valence-electron chi connectivity index (χ4n) is 2.96. The van der Waals surface area contributed by atoms with E-state index in [2.05, 4.69) is 9.88 Å². The third-order valence-electron chi connectivity index (χ3n) is 3.70. The molecule has 0 spiro atoms. The topological polar surface area (TPSA) is 59.3 Å². The lowest BCUT2D eigenvalue weighted by Crippen LogP contribution is -2.33. The van der Waals surface area contributed by atoms with Crippen LogP contribution in [0.4, 0.5) is 11.5 Å². The van der Waals surface area contributed by atoms with Crippen molar-refractivity contribution in [1.29, 1.82) is 0 Å². The Morgan fingerprint density at radius 1 is 1.47 bits per heavy atom. The van der Waals surface area contributed by atoms with Crippen molar-refractivity contribution in [3.05, 3.63) is 27.4 Å². The number of piperidine rings is 1. The molecule has 0 amide bonds. The van der Waals surface area contributed by atoms with Crippen LogP contribution in [0.1, 0.15) is 19.3 Å². The molecule has 0 aromatic carbocycles. The Kier molecular flexibility index (Phi) is 2.43. The van der Waals surface area contributed by atoms with Gasteiger partial charge < -0.3 is 4.90 Å². The zero-order valence-electron chi connectivity index (χ0n) is 9.17. The van der Waals surface area contributed by atoms with Crippen molar-refractivity contribution in [2.75, 3.05) is 11.4 Å². The average molecular weight is 254 g/mol. The van der Waals surface area contributed by atoms with E-state index in [9.17, 15) is 10.1 Å². The SMILES string of the molecule is O=[N+]([O-])c1ccc(Cl)nc1N1CC2CCC1C2. The minimum Gasteiger partial charge on any atom is -0.348 e. The van der Waals surface area contributed by atoms with Crippen LogP contribution in [0, 0.1) is 16.0 Å². The predicted octanol–water partition coefficient (Wildman–Crippen LogP) is 2.63. The largest absolute Gasteiger partial charge is 0.348 e. The summed E-state index contributed by atoms with van der Waals surface area (Å²) in [5, 5.41) is 11.3. The van der Waals surface area contributed by atoms with E-state index in [-0.39, 0.29) is 10.6 Å². The molecule has 6 heteroatoms. The van der Waals surface area contributed by atoms with Crippen LogP contribution in [0.5, 0.6) is 0 Å². The highest BCUT2D eigenvalue weighted by Gasteiger charge is 2.40. The van der Waals surface area contributed by atoms with Gasteiger partial charge in [0.25, 0.3) is 0 Å². The maximum atomic E-state index is 11.0. The number of hydrogen-bond donors (Lipinski definition) is 0. The first-order chi connectivity index (χ1) is 8.15. The Labute approximate surface area is 104 Å². The smallest absolute Gasteiger partial charge is 0.311 e. The van der Waals surface area contributed by atoms with Gasteiger partial charge in [0.2, 0.25) is 5.82 Å².